The summed E-state index contributed by atoms with van der Waals surface area (Å²) in [6.07, 6.45) is 7.10. The first-order valence-electron chi connectivity index (χ1n) is 9.20. The van der Waals surface area contributed by atoms with Gasteiger partial charge in [0.15, 0.2) is 5.69 Å². The van der Waals surface area contributed by atoms with Crippen LogP contribution in [0.15, 0.2) is 55.1 Å². The highest BCUT2D eigenvalue weighted by Gasteiger charge is 2.20. The van der Waals surface area contributed by atoms with Gasteiger partial charge in [-0.05, 0) is 36.2 Å². The highest BCUT2D eigenvalue weighted by Crippen LogP contribution is 2.35. The van der Waals surface area contributed by atoms with Crippen molar-refractivity contribution < 1.29 is 4.79 Å². The number of aromatic nitrogens is 4. The van der Waals surface area contributed by atoms with Gasteiger partial charge in [-0.3, -0.25) is 14.8 Å². The Labute approximate surface area is 172 Å². The largest absolute Gasteiger partial charge is 0.364 e. The minimum Gasteiger partial charge on any atom is -0.364 e. The highest BCUT2D eigenvalue weighted by atomic mass is 32.1. The molecule has 29 heavy (non-hydrogen) atoms. The van der Waals surface area contributed by atoms with Crippen LogP contribution in [0, 0.1) is 0 Å². The number of amides is 1. The lowest BCUT2D eigenvalue weighted by Crippen LogP contribution is -2.16. The van der Waals surface area contributed by atoms with E-state index in [4.69, 9.17) is 5.73 Å². The molecular formula is C21H20N6OS. The van der Waals surface area contributed by atoms with E-state index in [2.05, 4.69) is 32.2 Å². The predicted molar refractivity (Wildman–Crippen MR) is 114 cm³/mol. The van der Waals surface area contributed by atoms with Crippen LogP contribution in [0.5, 0.6) is 0 Å². The quantitative estimate of drug-likeness (QED) is 0.505. The summed E-state index contributed by atoms with van der Waals surface area (Å²) in [5, 5.41) is 3.24. The lowest BCUT2D eigenvalue weighted by molar-refractivity contribution is 0.0997. The number of nitrogens with two attached hydrogens (primary N) is 1. The molecule has 0 aliphatic rings. The number of nitrogens with one attached hydrogen (secondary N) is 1. The molecule has 0 aliphatic carbocycles. The second kappa shape index (κ2) is 7.92. The molecule has 0 aliphatic heterocycles. The van der Waals surface area contributed by atoms with Crippen LogP contribution in [0.4, 0.5) is 5.95 Å². The fourth-order valence-corrected chi connectivity index (χ4v) is 4.27. The minimum absolute atomic E-state index is 0.0747. The van der Waals surface area contributed by atoms with Crippen molar-refractivity contribution in [2.45, 2.75) is 25.8 Å². The zero-order valence-electron chi connectivity index (χ0n) is 16.0. The summed E-state index contributed by atoms with van der Waals surface area (Å²) in [5.41, 5.74) is 8.63. The molecule has 4 heterocycles. The van der Waals surface area contributed by atoms with E-state index in [1.807, 2.05) is 43.5 Å². The molecule has 4 aromatic heterocycles. The van der Waals surface area contributed by atoms with Crippen molar-refractivity contribution in [2.75, 3.05) is 5.32 Å². The Morgan fingerprint density at radius 3 is 2.38 bits per heavy atom. The lowest BCUT2D eigenvalue weighted by atomic mass is 10.0. The maximum atomic E-state index is 12.1. The van der Waals surface area contributed by atoms with E-state index >= 15 is 0 Å². The summed E-state index contributed by atoms with van der Waals surface area (Å²) in [5.74, 6) is -0.0905. The summed E-state index contributed by atoms with van der Waals surface area (Å²) < 4.78 is 0.697. The van der Waals surface area contributed by atoms with Gasteiger partial charge in [-0.25, -0.2) is 9.97 Å². The van der Waals surface area contributed by atoms with Crippen LogP contribution >= 0.6 is 11.3 Å². The predicted octanol–water partition coefficient (Wildman–Crippen LogP) is 3.91. The first-order chi connectivity index (χ1) is 14.0. The number of anilines is 1. The monoisotopic (exact) mass is 404 g/mol. The molecule has 0 radical (unpaired) electrons. The van der Waals surface area contributed by atoms with E-state index in [0.717, 1.165) is 16.0 Å². The second-order valence-electron chi connectivity index (χ2n) is 6.78. The van der Waals surface area contributed by atoms with Gasteiger partial charge in [0.1, 0.15) is 0 Å². The molecule has 4 aromatic rings. The number of fused-ring (bicyclic) bond motifs is 1. The normalized spacial score (nSPS) is 13.2. The van der Waals surface area contributed by atoms with E-state index in [-0.39, 0.29) is 17.7 Å². The van der Waals surface area contributed by atoms with Gasteiger partial charge in [0.2, 0.25) is 5.95 Å². The average Bonchev–Trinajstić information content (AvgIpc) is 3.17. The van der Waals surface area contributed by atoms with E-state index in [1.165, 1.54) is 11.3 Å². The SMILES string of the molecule is C[C@@H](c1cccnc1)c1cc2nc(N[C@@H](C)c3cccnc3)nc(C(N)=O)c2s1. The molecule has 0 saturated carbocycles. The maximum absolute atomic E-state index is 12.1. The van der Waals surface area contributed by atoms with Crippen LogP contribution in [0.2, 0.25) is 0 Å². The number of rotatable bonds is 6. The number of carbonyl (C=O) groups excluding carboxylic acids is 1. The van der Waals surface area contributed by atoms with Crippen LogP contribution in [0.25, 0.3) is 10.2 Å². The molecule has 0 unspecified atom stereocenters. The fraction of sp³-hybridized carbons (Fsp3) is 0.190. The van der Waals surface area contributed by atoms with E-state index < -0.39 is 5.91 Å². The van der Waals surface area contributed by atoms with Crippen LogP contribution in [-0.2, 0) is 0 Å². The van der Waals surface area contributed by atoms with Gasteiger partial charge in [0.05, 0.1) is 16.3 Å². The fourth-order valence-electron chi connectivity index (χ4n) is 3.10. The van der Waals surface area contributed by atoms with Crippen molar-refractivity contribution in [1.82, 2.24) is 19.9 Å². The summed E-state index contributed by atoms with van der Waals surface area (Å²) in [4.78, 5) is 30.5. The Balaban J connectivity index is 1.72. The smallest absolute Gasteiger partial charge is 0.269 e. The number of pyridine rings is 2. The molecule has 0 fully saturated rings. The molecule has 0 bridgehead atoms. The molecule has 2 atom stereocenters. The van der Waals surface area contributed by atoms with Crippen molar-refractivity contribution in [2.24, 2.45) is 5.73 Å². The van der Waals surface area contributed by atoms with Gasteiger partial charge < -0.3 is 11.1 Å². The number of primary amides is 1. The number of carbonyl (C=O) groups is 1. The first kappa shape index (κ1) is 18.9. The van der Waals surface area contributed by atoms with Crippen molar-refractivity contribution in [3.05, 3.63) is 76.8 Å². The third-order valence-electron chi connectivity index (χ3n) is 4.77. The Bertz CT molecular complexity index is 1150. The van der Waals surface area contributed by atoms with E-state index in [9.17, 15) is 4.79 Å². The van der Waals surface area contributed by atoms with E-state index in [1.54, 1.807) is 18.6 Å². The average molecular weight is 404 g/mol. The van der Waals surface area contributed by atoms with Gasteiger partial charge in [-0.15, -0.1) is 11.3 Å². The molecule has 0 saturated heterocycles. The third kappa shape index (κ3) is 3.93. The van der Waals surface area contributed by atoms with Gasteiger partial charge in [0, 0.05) is 35.6 Å². The number of hydrogen-bond acceptors (Lipinski definition) is 7. The Morgan fingerprint density at radius 2 is 1.76 bits per heavy atom. The zero-order chi connectivity index (χ0) is 20.4. The van der Waals surface area contributed by atoms with Crippen LogP contribution < -0.4 is 11.1 Å². The topological polar surface area (TPSA) is 107 Å². The lowest BCUT2D eigenvalue weighted by Gasteiger charge is -2.14. The molecule has 8 heteroatoms. The second-order valence-corrected chi connectivity index (χ2v) is 7.87. The zero-order valence-corrected chi connectivity index (χ0v) is 16.9. The molecule has 7 nitrogen and oxygen atoms in total. The highest BCUT2D eigenvalue weighted by molar-refractivity contribution is 7.19. The molecule has 146 valence electrons. The Morgan fingerprint density at radius 1 is 1.07 bits per heavy atom. The summed E-state index contributed by atoms with van der Waals surface area (Å²) >= 11 is 1.49. The number of nitrogens with zero attached hydrogens (tertiary/aromatic N) is 4. The summed E-state index contributed by atoms with van der Waals surface area (Å²) in [6, 6.07) is 9.70. The number of hydrogen-bond donors (Lipinski definition) is 2. The Kier molecular flexibility index (Phi) is 5.18. The van der Waals surface area contributed by atoms with Crippen molar-refractivity contribution >= 4 is 33.4 Å². The summed E-state index contributed by atoms with van der Waals surface area (Å²) in [7, 11) is 0. The van der Waals surface area contributed by atoms with Gasteiger partial charge in [-0.2, -0.15) is 0 Å². The van der Waals surface area contributed by atoms with Crippen LogP contribution in [-0.4, -0.2) is 25.8 Å². The van der Waals surface area contributed by atoms with Crippen molar-refractivity contribution in [3.8, 4) is 0 Å². The minimum atomic E-state index is -0.572. The van der Waals surface area contributed by atoms with Crippen molar-refractivity contribution in [3.63, 3.8) is 0 Å². The molecular weight excluding hydrogens is 384 g/mol. The molecule has 0 spiro atoms. The van der Waals surface area contributed by atoms with Crippen molar-refractivity contribution in [1.29, 1.82) is 0 Å². The standard InChI is InChI=1S/C21H20N6OS/c1-12(14-5-3-7-23-10-14)17-9-16-19(29-17)18(20(22)28)27-21(26-16)25-13(2)15-6-4-8-24-11-15/h3-13H,1-2H3,(H2,22,28)(H,25,26,27)/t12-,13-/m0/s1. The third-order valence-corrected chi connectivity index (χ3v) is 6.08. The van der Waals surface area contributed by atoms with Gasteiger partial charge in [-0.1, -0.05) is 19.1 Å². The molecule has 4 rings (SSSR count). The Hall–Kier alpha value is -3.39. The molecule has 0 aromatic carbocycles. The van der Waals surface area contributed by atoms with Crippen LogP contribution in [0.3, 0.4) is 0 Å². The summed E-state index contributed by atoms with van der Waals surface area (Å²) in [6.45, 7) is 4.08. The first-order valence-corrected chi connectivity index (χ1v) is 10.0. The van der Waals surface area contributed by atoms with Crippen LogP contribution in [0.1, 0.15) is 52.3 Å². The number of thiophene rings is 1. The van der Waals surface area contributed by atoms with E-state index in [0.29, 0.717) is 16.2 Å². The molecule has 1 amide bonds. The maximum Gasteiger partial charge on any atom is 0.269 e. The van der Waals surface area contributed by atoms with Gasteiger partial charge in [0.25, 0.3) is 5.91 Å². The molecule has 3 N–H and O–H groups in total. The van der Waals surface area contributed by atoms with Gasteiger partial charge >= 0.3 is 0 Å².